The van der Waals surface area contributed by atoms with Gasteiger partial charge in [-0.3, -0.25) is 4.79 Å². The molecule has 0 atom stereocenters. The molecule has 1 aromatic rings. The highest BCUT2D eigenvalue weighted by Crippen LogP contribution is 2.22. The first-order chi connectivity index (χ1) is 6.66. The van der Waals surface area contributed by atoms with E-state index in [1.807, 2.05) is 6.92 Å². The molecule has 0 radical (unpaired) electrons. The molecule has 0 aliphatic carbocycles. The molecular weight excluding hydrogens is 178 g/mol. The fourth-order valence-corrected chi connectivity index (χ4v) is 1.39. The van der Waals surface area contributed by atoms with Crippen molar-refractivity contribution in [3.05, 3.63) is 17.4 Å². The molecule has 0 aliphatic heterocycles. The molecule has 0 saturated carbocycles. The van der Waals surface area contributed by atoms with Gasteiger partial charge in [-0.05, 0) is 20.3 Å². The van der Waals surface area contributed by atoms with Crippen LogP contribution < -0.4 is 5.32 Å². The maximum absolute atomic E-state index is 11.3. The summed E-state index contributed by atoms with van der Waals surface area (Å²) < 4.78 is 5.27. The number of hydrogen-bond donors (Lipinski definition) is 1. The van der Waals surface area contributed by atoms with Gasteiger partial charge in [0, 0.05) is 12.1 Å². The van der Waals surface area contributed by atoms with E-state index < -0.39 is 0 Å². The van der Waals surface area contributed by atoms with Crippen molar-refractivity contribution in [1.82, 2.24) is 0 Å². The number of anilines is 1. The number of carbonyl (C=O) groups is 1. The Morgan fingerprint density at radius 1 is 1.57 bits per heavy atom. The number of carbonyl (C=O) groups excluding carboxylic acids is 1. The van der Waals surface area contributed by atoms with E-state index in [0.717, 1.165) is 24.9 Å². The van der Waals surface area contributed by atoms with Crippen LogP contribution in [0, 0.1) is 6.92 Å². The van der Waals surface area contributed by atoms with E-state index in [4.69, 9.17) is 4.42 Å². The molecule has 0 fully saturated rings. The van der Waals surface area contributed by atoms with Crippen LogP contribution >= 0.6 is 0 Å². The summed E-state index contributed by atoms with van der Waals surface area (Å²) in [6, 6.07) is 0. The lowest BCUT2D eigenvalue weighted by molar-refractivity contribution is 0.101. The molecule has 0 saturated heterocycles. The van der Waals surface area contributed by atoms with Crippen LogP contribution in [0.25, 0.3) is 0 Å². The average Bonchev–Trinajstić information content (AvgIpc) is 2.47. The molecule has 3 heteroatoms. The first-order valence-corrected chi connectivity index (χ1v) is 4.99. The van der Waals surface area contributed by atoms with E-state index in [1.54, 1.807) is 13.2 Å². The van der Waals surface area contributed by atoms with Gasteiger partial charge < -0.3 is 9.73 Å². The molecule has 78 valence electrons. The van der Waals surface area contributed by atoms with Gasteiger partial charge in [0.2, 0.25) is 5.88 Å². The summed E-state index contributed by atoms with van der Waals surface area (Å²) >= 11 is 0. The predicted molar refractivity (Wildman–Crippen MR) is 56.8 cm³/mol. The minimum Gasteiger partial charge on any atom is -0.448 e. The summed E-state index contributed by atoms with van der Waals surface area (Å²) in [5.41, 5.74) is 1.58. The zero-order valence-corrected chi connectivity index (χ0v) is 9.02. The third kappa shape index (κ3) is 2.37. The van der Waals surface area contributed by atoms with Crippen molar-refractivity contribution >= 4 is 11.7 Å². The van der Waals surface area contributed by atoms with E-state index in [0.29, 0.717) is 11.4 Å². The molecule has 0 aromatic carbocycles. The summed E-state index contributed by atoms with van der Waals surface area (Å²) in [6.07, 6.45) is 3.82. The Labute approximate surface area is 84.5 Å². The SMILES string of the molecule is CCCCNc1occ(C)c1C(C)=O. The van der Waals surface area contributed by atoms with Gasteiger partial charge in [0.1, 0.15) is 0 Å². The van der Waals surface area contributed by atoms with Crippen LogP contribution in [0.3, 0.4) is 0 Å². The van der Waals surface area contributed by atoms with Gasteiger partial charge in [-0.2, -0.15) is 0 Å². The lowest BCUT2D eigenvalue weighted by Gasteiger charge is -2.03. The molecule has 14 heavy (non-hydrogen) atoms. The van der Waals surface area contributed by atoms with Crippen molar-refractivity contribution in [2.75, 3.05) is 11.9 Å². The van der Waals surface area contributed by atoms with Crippen LogP contribution in [-0.2, 0) is 0 Å². The fourth-order valence-electron chi connectivity index (χ4n) is 1.39. The highest BCUT2D eigenvalue weighted by molar-refractivity contribution is 5.99. The summed E-state index contributed by atoms with van der Waals surface area (Å²) in [6.45, 7) is 6.42. The Bertz CT molecular complexity index is 315. The average molecular weight is 195 g/mol. The largest absolute Gasteiger partial charge is 0.448 e. The number of nitrogens with one attached hydrogen (secondary N) is 1. The molecule has 0 unspecified atom stereocenters. The minimum atomic E-state index is 0.0512. The number of Topliss-reactive ketones (excluding diaryl/α,β-unsaturated/α-hetero) is 1. The monoisotopic (exact) mass is 195 g/mol. The van der Waals surface area contributed by atoms with Crippen LogP contribution in [-0.4, -0.2) is 12.3 Å². The molecule has 1 heterocycles. The van der Waals surface area contributed by atoms with Crippen LogP contribution in [0.1, 0.15) is 42.6 Å². The zero-order valence-electron chi connectivity index (χ0n) is 9.02. The molecule has 0 bridgehead atoms. The maximum atomic E-state index is 11.3. The van der Waals surface area contributed by atoms with Gasteiger partial charge >= 0.3 is 0 Å². The van der Waals surface area contributed by atoms with Crippen molar-refractivity contribution in [3.8, 4) is 0 Å². The third-order valence-corrected chi connectivity index (χ3v) is 2.14. The highest BCUT2D eigenvalue weighted by Gasteiger charge is 2.13. The zero-order chi connectivity index (χ0) is 10.6. The Morgan fingerprint density at radius 3 is 2.86 bits per heavy atom. The molecule has 0 amide bonds. The number of furan rings is 1. The predicted octanol–water partition coefficient (Wildman–Crippen LogP) is 3.00. The molecule has 0 spiro atoms. The van der Waals surface area contributed by atoms with Gasteiger partial charge in [0.05, 0.1) is 11.8 Å². The standard InChI is InChI=1S/C11H17NO2/c1-4-5-6-12-11-10(9(3)13)8(2)7-14-11/h7,12H,4-6H2,1-3H3. The normalized spacial score (nSPS) is 10.2. The van der Waals surface area contributed by atoms with Crippen molar-refractivity contribution in [2.45, 2.75) is 33.6 Å². The van der Waals surface area contributed by atoms with Gasteiger partial charge in [0.15, 0.2) is 5.78 Å². The number of hydrogen-bond acceptors (Lipinski definition) is 3. The Hall–Kier alpha value is -1.25. The molecular formula is C11H17NO2. The van der Waals surface area contributed by atoms with Crippen molar-refractivity contribution in [3.63, 3.8) is 0 Å². The van der Waals surface area contributed by atoms with Gasteiger partial charge in [-0.1, -0.05) is 13.3 Å². The molecule has 1 rings (SSSR count). The third-order valence-electron chi connectivity index (χ3n) is 2.14. The number of ketones is 1. The van der Waals surface area contributed by atoms with Crippen LogP contribution in [0.2, 0.25) is 0 Å². The topological polar surface area (TPSA) is 42.2 Å². The summed E-state index contributed by atoms with van der Waals surface area (Å²) in [4.78, 5) is 11.3. The second kappa shape index (κ2) is 4.84. The van der Waals surface area contributed by atoms with Gasteiger partial charge in [0.25, 0.3) is 0 Å². The Kier molecular flexibility index (Phi) is 3.74. The first-order valence-electron chi connectivity index (χ1n) is 4.99. The van der Waals surface area contributed by atoms with Crippen LogP contribution in [0.15, 0.2) is 10.7 Å². The Morgan fingerprint density at radius 2 is 2.29 bits per heavy atom. The van der Waals surface area contributed by atoms with E-state index in [2.05, 4.69) is 12.2 Å². The van der Waals surface area contributed by atoms with Crippen molar-refractivity contribution < 1.29 is 9.21 Å². The second-order valence-electron chi connectivity index (χ2n) is 3.46. The number of unbranched alkanes of at least 4 members (excludes halogenated alkanes) is 1. The lowest BCUT2D eigenvalue weighted by Crippen LogP contribution is -2.04. The minimum absolute atomic E-state index is 0.0512. The second-order valence-corrected chi connectivity index (χ2v) is 3.46. The summed E-state index contributed by atoms with van der Waals surface area (Å²) in [7, 11) is 0. The van der Waals surface area contributed by atoms with Gasteiger partial charge in [-0.15, -0.1) is 0 Å². The number of aryl methyl sites for hydroxylation is 1. The molecule has 1 aromatic heterocycles. The molecule has 3 nitrogen and oxygen atoms in total. The van der Waals surface area contributed by atoms with E-state index in [1.165, 1.54) is 0 Å². The number of rotatable bonds is 5. The van der Waals surface area contributed by atoms with Crippen LogP contribution in [0.5, 0.6) is 0 Å². The summed E-state index contributed by atoms with van der Waals surface area (Å²) in [5.74, 6) is 0.665. The van der Waals surface area contributed by atoms with E-state index in [-0.39, 0.29) is 5.78 Å². The summed E-state index contributed by atoms with van der Waals surface area (Å²) in [5, 5.41) is 3.13. The Balaban J connectivity index is 2.71. The first kappa shape index (κ1) is 10.8. The van der Waals surface area contributed by atoms with E-state index >= 15 is 0 Å². The van der Waals surface area contributed by atoms with Crippen LogP contribution in [0.4, 0.5) is 5.88 Å². The fraction of sp³-hybridized carbons (Fsp3) is 0.545. The highest BCUT2D eigenvalue weighted by atomic mass is 16.3. The van der Waals surface area contributed by atoms with E-state index in [9.17, 15) is 4.79 Å². The quantitative estimate of drug-likeness (QED) is 0.580. The maximum Gasteiger partial charge on any atom is 0.203 e. The smallest absolute Gasteiger partial charge is 0.203 e. The molecule has 1 N–H and O–H groups in total. The van der Waals surface area contributed by atoms with Gasteiger partial charge in [-0.25, -0.2) is 0 Å². The molecule has 0 aliphatic rings. The van der Waals surface area contributed by atoms with Crippen molar-refractivity contribution in [2.24, 2.45) is 0 Å². The van der Waals surface area contributed by atoms with Crippen molar-refractivity contribution in [1.29, 1.82) is 0 Å². The lowest BCUT2D eigenvalue weighted by atomic mass is 10.1.